The van der Waals surface area contributed by atoms with Crippen LogP contribution in [0.1, 0.15) is 40.0 Å². The highest BCUT2D eigenvalue weighted by Gasteiger charge is 2.27. The number of ether oxygens (including phenoxy) is 1. The van der Waals surface area contributed by atoms with E-state index < -0.39 is 0 Å². The SMILES string of the molecule is Cc1ccc2nc(COc3cccc(C(=O)N4CCC(C(=O)NCc5cccnc5)CC4)c3)cn2c1. The number of hydrogen-bond acceptors (Lipinski definition) is 5. The van der Waals surface area contributed by atoms with E-state index in [4.69, 9.17) is 4.74 Å². The molecule has 8 heteroatoms. The van der Waals surface area contributed by atoms with Gasteiger partial charge in [-0.2, -0.15) is 0 Å². The van der Waals surface area contributed by atoms with Crippen molar-refractivity contribution in [3.63, 3.8) is 0 Å². The van der Waals surface area contributed by atoms with Crippen LogP contribution in [0.15, 0.2) is 73.3 Å². The molecule has 4 heterocycles. The van der Waals surface area contributed by atoms with Gasteiger partial charge >= 0.3 is 0 Å². The summed E-state index contributed by atoms with van der Waals surface area (Å²) in [6.45, 7) is 3.93. The number of aryl methyl sites for hydroxylation is 1. The molecule has 1 N–H and O–H groups in total. The van der Waals surface area contributed by atoms with Crippen molar-refractivity contribution in [2.24, 2.45) is 5.92 Å². The summed E-state index contributed by atoms with van der Waals surface area (Å²) in [7, 11) is 0. The number of carbonyl (C=O) groups excluding carboxylic acids is 2. The molecule has 1 fully saturated rings. The van der Waals surface area contributed by atoms with Crippen molar-refractivity contribution in [3.05, 3.63) is 95.7 Å². The van der Waals surface area contributed by atoms with Crippen LogP contribution in [0.25, 0.3) is 5.65 Å². The Bertz CT molecular complexity index is 1360. The van der Waals surface area contributed by atoms with Gasteiger partial charge in [0.2, 0.25) is 5.91 Å². The number of aromatic nitrogens is 3. The topological polar surface area (TPSA) is 88.8 Å². The summed E-state index contributed by atoms with van der Waals surface area (Å²) in [5.41, 5.74) is 4.40. The van der Waals surface area contributed by atoms with E-state index in [1.54, 1.807) is 24.5 Å². The fraction of sp³-hybridized carbons (Fsp3) is 0.286. The molecule has 5 rings (SSSR count). The first-order chi connectivity index (χ1) is 17.5. The minimum absolute atomic E-state index is 0.0310. The lowest BCUT2D eigenvalue weighted by Crippen LogP contribution is -2.42. The molecule has 184 valence electrons. The van der Waals surface area contributed by atoms with Gasteiger partial charge in [-0.15, -0.1) is 0 Å². The Hall–Kier alpha value is -4.20. The molecule has 0 saturated carbocycles. The number of nitrogens with zero attached hydrogens (tertiary/aromatic N) is 4. The summed E-state index contributed by atoms with van der Waals surface area (Å²) < 4.78 is 7.92. The van der Waals surface area contributed by atoms with E-state index in [1.165, 1.54) is 0 Å². The number of piperidine rings is 1. The first-order valence-electron chi connectivity index (χ1n) is 12.2. The zero-order valence-electron chi connectivity index (χ0n) is 20.3. The van der Waals surface area contributed by atoms with Gasteiger partial charge < -0.3 is 19.4 Å². The molecule has 0 aliphatic carbocycles. The number of rotatable bonds is 7. The maximum Gasteiger partial charge on any atom is 0.253 e. The van der Waals surface area contributed by atoms with E-state index in [0.717, 1.165) is 22.5 Å². The molecule has 3 aromatic heterocycles. The van der Waals surface area contributed by atoms with Crippen LogP contribution in [0.5, 0.6) is 5.75 Å². The molecule has 1 aliphatic heterocycles. The van der Waals surface area contributed by atoms with Crippen LogP contribution in [0.2, 0.25) is 0 Å². The minimum Gasteiger partial charge on any atom is -0.487 e. The predicted octanol–water partition coefficient (Wildman–Crippen LogP) is 3.79. The van der Waals surface area contributed by atoms with E-state index >= 15 is 0 Å². The molecule has 1 aromatic carbocycles. The van der Waals surface area contributed by atoms with Crippen LogP contribution < -0.4 is 10.1 Å². The summed E-state index contributed by atoms with van der Waals surface area (Å²) in [5, 5.41) is 2.98. The van der Waals surface area contributed by atoms with Gasteiger partial charge in [-0.1, -0.05) is 18.2 Å². The van der Waals surface area contributed by atoms with Crippen LogP contribution in [-0.2, 0) is 17.9 Å². The van der Waals surface area contributed by atoms with Crippen molar-refractivity contribution in [1.29, 1.82) is 0 Å². The Morgan fingerprint density at radius 1 is 1.08 bits per heavy atom. The van der Waals surface area contributed by atoms with Gasteiger partial charge in [0.1, 0.15) is 18.0 Å². The lowest BCUT2D eigenvalue weighted by atomic mass is 9.95. The van der Waals surface area contributed by atoms with Gasteiger partial charge in [0.15, 0.2) is 0 Å². The van der Waals surface area contributed by atoms with Crippen molar-refractivity contribution >= 4 is 17.5 Å². The van der Waals surface area contributed by atoms with Gasteiger partial charge in [0, 0.05) is 55.9 Å². The molecule has 0 bridgehead atoms. The van der Waals surface area contributed by atoms with Crippen molar-refractivity contribution in [3.8, 4) is 5.75 Å². The molecular formula is C28H29N5O3. The van der Waals surface area contributed by atoms with E-state index in [9.17, 15) is 9.59 Å². The highest BCUT2D eigenvalue weighted by molar-refractivity contribution is 5.94. The van der Waals surface area contributed by atoms with Gasteiger partial charge in [-0.3, -0.25) is 14.6 Å². The van der Waals surface area contributed by atoms with Crippen molar-refractivity contribution < 1.29 is 14.3 Å². The Labute approximate surface area is 209 Å². The maximum atomic E-state index is 13.1. The van der Waals surface area contributed by atoms with E-state index in [1.807, 2.05) is 65.0 Å². The average molecular weight is 484 g/mol. The number of fused-ring (bicyclic) bond motifs is 1. The number of likely N-dealkylation sites (tertiary alicyclic amines) is 1. The third kappa shape index (κ3) is 5.54. The monoisotopic (exact) mass is 483 g/mol. The fourth-order valence-corrected chi connectivity index (χ4v) is 4.46. The molecule has 0 atom stereocenters. The van der Waals surface area contributed by atoms with Crippen molar-refractivity contribution in [2.45, 2.75) is 32.9 Å². The molecule has 36 heavy (non-hydrogen) atoms. The highest BCUT2D eigenvalue weighted by atomic mass is 16.5. The summed E-state index contributed by atoms with van der Waals surface area (Å²) >= 11 is 0. The molecule has 0 radical (unpaired) electrons. The quantitative estimate of drug-likeness (QED) is 0.432. The molecular weight excluding hydrogens is 454 g/mol. The number of pyridine rings is 2. The first-order valence-corrected chi connectivity index (χ1v) is 12.2. The maximum absolute atomic E-state index is 13.1. The second kappa shape index (κ2) is 10.6. The van der Waals surface area contributed by atoms with Gasteiger partial charge in [-0.25, -0.2) is 4.98 Å². The number of nitrogens with one attached hydrogen (secondary N) is 1. The second-order valence-corrected chi connectivity index (χ2v) is 9.17. The number of amides is 2. The van der Waals surface area contributed by atoms with Crippen LogP contribution in [0.3, 0.4) is 0 Å². The van der Waals surface area contributed by atoms with Crippen LogP contribution >= 0.6 is 0 Å². The molecule has 1 saturated heterocycles. The molecule has 8 nitrogen and oxygen atoms in total. The standard InChI is InChI=1S/C28H29N5O3/c1-20-7-8-26-31-24(18-33(26)17-20)19-36-25-6-2-5-23(14-25)28(35)32-12-9-22(10-13-32)27(34)30-16-21-4-3-11-29-15-21/h2-8,11,14-15,17-18,22H,9-10,12-13,16,19H2,1H3,(H,30,34). The fourth-order valence-electron chi connectivity index (χ4n) is 4.46. The van der Waals surface area contributed by atoms with Gasteiger partial charge in [0.05, 0.1) is 5.69 Å². The van der Waals surface area contributed by atoms with E-state index in [2.05, 4.69) is 15.3 Å². The molecule has 0 unspecified atom stereocenters. The number of hydrogen-bond donors (Lipinski definition) is 1. The Balaban J connectivity index is 1.13. The van der Waals surface area contributed by atoms with Crippen LogP contribution in [0.4, 0.5) is 0 Å². The summed E-state index contributed by atoms with van der Waals surface area (Å²) in [6.07, 6.45) is 8.73. The molecule has 4 aromatic rings. The van der Waals surface area contributed by atoms with Gasteiger partial charge in [-0.05, 0) is 61.2 Å². The van der Waals surface area contributed by atoms with Gasteiger partial charge in [0.25, 0.3) is 5.91 Å². The Morgan fingerprint density at radius 2 is 1.94 bits per heavy atom. The summed E-state index contributed by atoms with van der Waals surface area (Å²) in [4.78, 5) is 36.1. The third-order valence-corrected chi connectivity index (χ3v) is 6.46. The number of imidazole rings is 1. The smallest absolute Gasteiger partial charge is 0.253 e. The second-order valence-electron chi connectivity index (χ2n) is 9.17. The Kier molecular flexibility index (Phi) is 6.93. The third-order valence-electron chi connectivity index (χ3n) is 6.46. The number of benzene rings is 1. The minimum atomic E-state index is -0.0883. The first kappa shape index (κ1) is 23.5. The normalized spacial score (nSPS) is 14.1. The zero-order valence-corrected chi connectivity index (χ0v) is 20.3. The van der Waals surface area contributed by atoms with Crippen LogP contribution in [-0.4, -0.2) is 44.2 Å². The van der Waals surface area contributed by atoms with E-state index in [0.29, 0.717) is 50.4 Å². The lowest BCUT2D eigenvalue weighted by molar-refractivity contribution is -0.126. The molecule has 1 aliphatic rings. The summed E-state index contributed by atoms with van der Waals surface area (Å²) in [5.74, 6) is 0.523. The zero-order chi connectivity index (χ0) is 24.9. The van der Waals surface area contributed by atoms with Crippen LogP contribution in [0, 0.1) is 12.8 Å². The largest absolute Gasteiger partial charge is 0.487 e. The number of carbonyl (C=O) groups is 2. The summed E-state index contributed by atoms with van der Waals surface area (Å²) in [6, 6.07) is 15.0. The Morgan fingerprint density at radius 3 is 2.75 bits per heavy atom. The molecule has 2 amide bonds. The van der Waals surface area contributed by atoms with E-state index in [-0.39, 0.29) is 17.7 Å². The average Bonchev–Trinajstić information content (AvgIpc) is 3.33. The highest BCUT2D eigenvalue weighted by Crippen LogP contribution is 2.22. The van der Waals surface area contributed by atoms with Crippen molar-refractivity contribution in [2.75, 3.05) is 13.1 Å². The van der Waals surface area contributed by atoms with Crippen molar-refractivity contribution in [1.82, 2.24) is 24.6 Å². The molecule has 0 spiro atoms. The predicted molar refractivity (Wildman–Crippen MR) is 135 cm³/mol. The lowest BCUT2D eigenvalue weighted by Gasteiger charge is -2.31.